The zero-order valence-electron chi connectivity index (χ0n) is 15.3. The molecular formula is C20H29ClN2O2S. The van der Waals surface area contributed by atoms with Crippen molar-refractivity contribution in [1.82, 2.24) is 9.21 Å². The first-order chi connectivity index (χ1) is 12.5. The van der Waals surface area contributed by atoms with Crippen LogP contribution >= 0.6 is 11.6 Å². The van der Waals surface area contributed by atoms with E-state index in [-0.39, 0.29) is 5.75 Å². The molecule has 26 heavy (non-hydrogen) atoms. The highest BCUT2D eigenvalue weighted by atomic mass is 35.5. The molecule has 1 saturated carbocycles. The third-order valence-corrected chi connectivity index (χ3v) is 8.62. The molecule has 2 aliphatic heterocycles. The molecule has 2 bridgehead atoms. The molecule has 6 heteroatoms. The van der Waals surface area contributed by atoms with Gasteiger partial charge in [-0.05, 0) is 62.2 Å². The van der Waals surface area contributed by atoms with Crippen LogP contribution in [0.2, 0.25) is 5.02 Å². The van der Waals surface area contributed by atoms with Crippen molar-refractivity contribution in [1.29, 1.82) is 0 Å². The zero-order chi connectivity index (χ0) is 18.1. The predicted molar refractivity (Wildman–Crippen MR) is 106 cm³/mol. The smallest absolute Gasteiger partial charge is 0.218 e. The molecule has 1 aromatic rings. The lowest BCUT2D eigenvalue weighted by Gasteiger charge is -2.52. The van der Waals surface area contributed by atoms with E-state index in [9.17, 15) is 8.42 Å². The van der Waals surface area contributed by atoms with Crippen LogP contribution in [0, 0.1) is 11.8 Å². The second-order valence-corrected chi connectivity index (χ2v) is 10.6. The van der Waals surface area contributed by atoms with Crippen LogP contribution in [0.15, 0.2) is 24.3 Å². The van der Waals surface area contributed by atoms with Crippen molar-refractivity contribution in [3.63, 3.8) is 0 Å². The van der Waals surface area contributed by atoms with E-state index in [2.05, 4.69) is 4.90 Å². The second kappa shape index (κ2) is 7.78. The van der Waals surface area contributed by atoms with E-state index >= 15 is 0 Å². The van der Waals surface area contributed by atoms with Crippen LogP contribution in [-0.2, 0) is 15.8 Å². The van der Waals surface area contributed by atoms with Crippen LogP contribution in [0.25, 0.3) is 0 Å². The quantitative estimate of drug-likeness (QED) is 0.778. The minimum Gasteiger partial charge on any atom is -0.300 e. The fraction of sp³-hybridized carbons (Fsp3) is 0.700. The van der Waals surface area contributed by atoms with Gasteiger partial charge >= 0.3 is 0 Å². The fourth-order valence-electron chi connectivity index (χ4n) is 5.31. The molecule has 3 aliphatic rings. The maximum Gasteiger partial charge on any atom is 0.218 e. The molecule has 2 saturated heterocycles. The molecule has 3 fully saturated rings. The highest BCUT2D eigenvalue weighted by Gasteiger charge is 2.45. The highest BCUT2D eigenvalue weighted by molar-refractivity contribution is 7.88. The van der Waals surface area contributed by atoms with E-state index in [1.807, 2.05) is 18.2 Å². The molecule has 144 valence electrons. The van der Waals surface area contributed by atoms with Gasteiger partial charge in [0.1, 0.15) is 0 Å². The fourth-order valence-corrected chi connectivity index (χ4v) is 7.25. The van der Waals surface area contributed by atoms with E-state index in [4.69, 9.17) is 11.6 Å². The monoisotopic (exact) mass is 396 g/mol. The average molecular weight is 397 g/mol. The van der Waals surface area contributed by atoms with Crippen LogP contribution in [0.5, 0.6) is 0 Å². The summed E-state index contributed by atoms with van der Waals surface area (Å²) in [6.45, 7) is 3.77. The Hall–Kier alpha value is -0.620. The van der Waals surface area contributed by atoms with Crippen LogP contribution in [0.4, 0.5) is 0 Å². The molecule has 0 spiro atoms. The first-order valence-corrected chi connectivity index (χ1v) is 12.0. The Labute approximate surface area is 162 Å². The molecule has 1 aliphatic carbocycles. The number of fused-ring (bicyclic) bond motifs is 2. The first kappa shape index (κ1) is 18.7. The van der Waals surface area contributed by atoms with Gasteiger partial charge in [0.15, 0.2) is 0 Å². The van der Waals surface area contributed by atoms with Crippen molar-refractivity contribution < 1.29 is 8.42 Å². The van der Waals surface area contributed by atoms with E-state index in [1.54, 1.807) is 10.4 Å². The Morgan fingerprint density at radius 3 is 2.27 bits per heavy atom. The van der Waals surface area contributed by atoms with Gasteiger partial charge in [-0.3, -0.25) is 4.90 Å². The van der Waals surface area contributed by atoms with Crippen molar-refractivity contribution in [2.45, 2.75) is 50.3 Å². The maximum atomic E-state index is 13.1. The number of hydrogen-bond acceptors (Lipinski definition) is 3. The lowest BCUT2D eigenvalue weighted by Crippen LogP contribution is -2.60. The normalized spacial score (nSPS) is 31.0. The van der Waals surface area contributed by atoms with E-state index in [1.165, 1.54) is 38.8 Å². The van der Waals surface area contributed by atoms with Crippen LogP contribution < -0.4 is 0 Å². The lowest BCUT2D eigenvalue weighted by atomic mass is 9.73. The van der Waals surface area contributed by atoms with Gasteiger partial charge in [0, 0.05) is 24.2 Å². The number of halogens is 1. The van der Waals surface area contributed by atoms with Crippen molar-refractivity contribution in [3.8, 4) is 0 Å². The molecule has 4 nitrogen and oxygen atoms in total. The van der Waals surface area contributed by atoms with E-state index in [0.29, 0.717) is 41.6 Å². The number of rotatable bonds is 4. The Kier molecular flexibility index (Phi) is 5.61. The molecule has 0 amide bonds. The summed E-state index contributed by atoms with van der Waals surface area (Å²) in [7, 11) is -3.32. The molecular weight excluding hydrogens is 368 g/mol. The topological polar surface area (TPSA) is 40.6 Å². The van der Waals surface area contributed by atoms with Crippen molar-refractivity contribution in [2.75, 3.05) is 26.2 Å². The van der Waals surface area contributed by atoms with Gasteiger partial charge in [0.25, 0.3) is 0 Å². The Balaban J connectivity index is 1.50. The summed E-state index contributed by atoms with van der Waals surface area (Å²) < 4.78 is 27.9. The van der Waals surface area contributed by atoms with E-state index in [0.717, 1.165) is 12.8 Å². The van der Waals surface area contributed by atoms with Gasteiger partial charge in [0.2, 0.25) is 10.0 Å². The summed E-state index contributed by atoms with van der Waals surface area (Å²) in [4.78, 5) is 2.68. The number of nitrogens with zero attached hydrogens (tertiary/aromatic N) is 2. The number of benzene rings is 1. The predicted octanol–water partition coefficient (Wildman–Crippen LogP) is 3.76. The largest absolute Gasteiger partial charge is 0.300 e. The molecule has 2 atom stereocenters. The SMILES string of the molecule is O=S(=O)(Cc1ccccc1Cl)N1C[C@@H]2CCC[C@@H](C1)C2N1CCCCC1. The van der Waals surface area contributed by atoms with Gasteiger partial charge in [-0.25, -0.2) is 12.7 Å². The van der Waals surface area contributed by atoms with Crippen LogP contribution in [-0.4, -0.2) is 49.8 Å². The second-order valence-electron chi connectivity index (χ2n) is 8.20. The third kappa shape index (κ3) is 3.82. The third-order valence-electron chi connectivity index (χ3n) is 6.49. The van der Waals surface area contributed by atoms with Crippen LogP contribution in [0.1, 0.15) is 44.1 Å². The molecule has 0 unspecified atom stereocenters. The number of likely N-dealkylation sites (tertiary alicyclic amines) is 1. The van der Waals surface area contributed by atoms with Crippen molar-refractivity contribution in [3.05, 3.63) is 34.9 Å². The summed E-state index contributed by atoms with van der Waals surface area (Å²) in [6.07, 6.45) is 7.51. The Morgan fingerprint density at radius 2 is 1.62 bits per heavy atom. The molecule has 0 radical (unpaired) electrons. The number of piperidine rings is 2. The highest BCUT2D eigenvalue weighted by Crippen LogP contribution is 2.40. The van der Waals surface area contributed by atoms with Crippen molar-refractivity contribution >= 4 is 21.6 Å². The Bertz CT molecular complexity index is 719. The van der Waals surface area contributed by atoms with Gasteiger partial charge in [-0.15, -0.1) is 0 Å². The summed E-state index contributed by atoms with van der Waals surface area (Å²) in [5.41, 5.74) is 0.706. The van der Waals surface area contributed by atoms with Gasteiger partial charge in [-0.2, -0.15) is 0 Å². The number of hydrogen-bond donors (Lipinski definition) is 0. The zero-order valence-corrected chi connectivity index (χ0v) is 16.9. The van der Waals surface area contributed by atoms with Gasteiger partial charge < -0.3 is 0 Å². The maximum absolute atomic E-state index is 13.1. The minimum absolute atomic E-state index is 0.0144. The molecule has 4 rings (SSSR count). The van der Waals surface area contributed by atoms with E-state index < -0.39 is 10.0 Å². The summed E-state index contributed by atoms with van der Waals surface area (Å²) >= 11 is 6.20. The minimum atomic E-state index is -3.32. The summed E-state index contributed by atoms with van der Waals surface area (Å²) in [5, 5.41) is 0.541. The standard InChI is InChI=1S/C20H29ClN2O2S/c21-19-10-3-2-7-18(19)15-26(24,25)23-13-16-8-6-9-17(14-23)20(16)22-11-4-1-5-12-22/h2-3,7,10,16-17,20H,1,4-6,8-9,11-15H2/t16-,17-/m0/s1. The first-order valence-electron chi connectivity index (χ1n) is 10.00. The lowest BCUT2D eigenvalue weighted by molar-refractivity contribution is -0.00315. The Morgan fingerprint density at radius 1 is 0.962 bits per heavy atom. The number of sulfonamides is 1. The van der Waals surface area contributed by atoms with Gasteiger partial charge in [-0.1, -0.05) is 42.6 Å². The van der Waals surface area contributed by atoms with Gasteiger partial charge in [0.05, 0.1) is 5.75 Å². The summed E-state index contributed by atoms with van der Waals surface area (Å²) in [6, 6.07) is 7.88. The van der Waals surface area contributed by atoms with Crippen LogP contribution in [0.3, 0.4) is 0 Å². The van der Waals surface area contributed by atoms with Crippen molar-refractivity contribution in [2.24, 2.45) is 11.8 Å². The average Bonchev–Trinajstić information content (AvgIpc) is 2.63. The molecule has 2 heterocycles. The molecule has 1 aromatic carbocycles. The molecule has 0 aromatic heterocycles. The summed E-state index contributed by atoms with van der Waals surface area (Å²) in [5.74, 6) is 0.990. The molecule has 0 N–H and O–H groups in total.